The summed E-state index contributed by atoms with van der Waals surface area (Å²) in [6, 6.07) is 13.5. The van der Waals surface area contributed by atoms with Crippen LogP contribution in [0.15, 0.2) is 77.6 Å². The number of nitrogens with zero attached hydrogens (tertiary/aromatic N) is 5. The van der Waals surface area contributed by atoms with Gasteiger partial charge < -0.3 is 10.7 Å². The Kier molecular flexibility index (Phi) is 7.59. The predicted octanol–water partition coefficient (Wildman–Crippen LogP) is 3.25. The molecule has 6 rings (SSSR count). The molecule has 1 atom stereocenters. The van der Waals surface area contributed by atoms with Crippen molar-refractivity contribution in [2.24, 2.45) is 5.73 Å². The second kappa shape index (κ2) is 11.8. The van der Waals surface area contributed by atoms with E-state index in [2.05, 4.69) is 36.7 Å². The number of likely N-dealkylation sites (tertiary alicyclic amines) is 1. The van der Waals surface area contributed by atoms with Crippen LogP contribution < -0.4 is 15.9 Å². The van der Waals surface area contributed by atoms with Crippen molar-refractivity contribution in [1.82, 2.24) is 29.8 Å². The molecule has 5 aromatic rings. The van der Waals surface area contributed by atoms with Gasteiger partial charge in [-0.2, -0.15) is 4.57 Å². The minimum absolute atomic E-state index is 0.101. The maximum atomic E-state index is 12.4. The van der Waals surface area contributed by atoms with Gasteiger partial charge in [-0.15, -0.1) is 21.3 Å². The van der Waals surface area contributed by atoms with Gasteiger partial charge in [0.05, 0.1) is 42.3 Å². The number of benzene rings is 1. The Balaban J connectivity index is 1.11. The van der Waals surface area contributed by atoms with Gasteiger partial charge >= 0.3 is 5.95 Å². The number of hydrogen-bond acceptors (Lipinski definition) is 7. The summed E-state index contributed by atoms with van der Waals surface area (Å²) < 4.78 is 1.90. The van der Waals surface area contributed by atoms with Gasteiger partial charge in [0.1, 0.15) is 11.5 Å². The Labute approximate surface area is 235 Å². The molecule has 0 amide bonds. The Bertz CT molecular complexity index is 1700. The van der Waals surface area contributed by atoms with Crippen LogP contribution >= 0.6 is 11.3 Å². The zero-order valence-corrected chi connectivity index (χ0v) is 22.7. The summed E-state index contributed by atoms with van der Waals surface area (Å²) in [6.07, 6.45) is 9.61. The number of nitrogens with two attached hydrogens (primary N) is 1. The molecule has 10 heteroatoms. The lowest BCUT2D eigenvalue weighted by Crippen LogP contribution is -2.35. The van der Waals surface area contributed by atoms with Crippen molar-refractivity contribution in [2.45, 2.75) is 25.3 Å². The monoisotopic (exact) mass is 549 g/mol. The van der Waals surface area contributed by atoms with E-state index in [9.17, 15) is 4.79 Å². The Morgan fingerprint density at radius 1 is 1.15 bits per heavy atom. The van der Waals surface area contributed by atoms with Crippen LogP contribution in [0.4, 0.5) is 0 Å². The summed E-state index contributed by atoms with van der Waals surface area (Å²) >= 11 is 1.59. The molecule has 40 heavy (non-hydrogen) atoms. The topological polar surface area (TPSA) is 120 Å². The van der Waals surface area contributed by atoms with Crippen LogP contribution in [0, 0.1) is 11.8 Å². The zero-order valence-electron chi connectivity index (χ0n) is 21.9. The van der Waals surface area contributed by atoms with Crippen molar-refractivity contribution in [3.8, 4) is 39.5 Å². The van der Waals surface area contributed by atoms with E-state index in [1.54, 1.807) is 17.4 Å². The van der Waals surface area contributed by atoms with Gasteiger partial charge in [0, 0.05) is 29.7 Å². The van der Waals surface area contributed by atoms with E-state index in [4.69, 9.17) is 10.7 Å². The van der Waals surface area contributed by atoms with Crippen molar-refractivity contribution in [3.63, 3.8) is 0 Å². The molecule has 4 N–H and O–H groups in total. The largest absolute Gasteiger partial charge is 0.388 e. The number of aromatic amines is 2. The van der Waals surface area contributed by atoms with E-state index in [1.807, 2.05) is 71.3 Å². The standard InChI is InChI=1S/C30H28N8OS/c31-11-1-4-21-7-9-22(10-8-21)24-15-32-30(33-16-24)38-19-25(34-20-38)18-37-12-2-5-23(17-37)29-35-26(14-28(39)36-29)27-6-3-13-40-27/h3,6-10,13-16,19-20,23H,2,5,11-12,17-18,31H2,(H,35,36,39)/p+1. The van der Waals surface area contributed by atoms with Crippen molar-refractivity contribution in [1.29, 1.82) is 0 Å². The smallest absolute Gasteiger partial charge is 0.320 e. The summed E-state index contributed by atoms with van der Waals surface area (Å²) in [5.74, 6) is 7.45. The fourth-order valence-electron chi connectivity index (χ4n) is 4.98. The van der Waals surface area contributed by atoms with Crippen LogP contribution in [0.2, 0.25) is 0 Å². The summed E-state index contributed by atoms with van der Waals surface area (Å²) in [4.78, 5) is 36.1. The van der Waals surface area contributed by atoms with Gasteiger partial charge in [0.25, 0.3) is 5.56 Å². The minimum Gasteiger partial charge on any atom is -0.320 e. The number of nitrogens with one attached hydrogen (secondary N) is 2. The third-order valence-electron chi connectivity index (χ3n) is 6.93. The molecule has 200 valence electrons. The SMILES string of the molecule is NCC#Cc1ccc(-c2cnc(-[n+]3c[nH]c(CN4CCCC(c5nc(-c6cccs6)cc(=O)[nH]5)C4)c3)nc2)cc1. The number of aromatic nitrogens is 6. The van der Waals surface area contributed by atoms with Crippen molar-refractivity contribution in [2.75, 3.05) is 19.6 Å². The van der Waals surface area contributed by atoms with E-state index in [0.29, 0.717) is 12.5 Å². The van der Waals surface area contributed by atoms with Gasteiger partial charge in [-0.1, -0.05) is 30.0 Å². The van der Waals surface area contributed by atoms with Crippen molar-refractivity contribution < 1.29 is 4.57 Å². The first kappa shape index (κ1) is 25.8. The molecule has 0 aliphatic carbocycles. The highest BCUT2D eigenvalue weighted by Crippen LogP contribution is 2.27. The molecule has 1 aliphatic rings. The normalized spacial score (nSPS) is 15.5. The maximum absolute atomic E-state index is 12.4. The van der Waals surface area contributed by atoms with Gasteiger partial charge in [-0.25, -0.2) is 4.98 Å². The lowest BCUT2D eigenvalue weighted by molar-refractivity contribution is -0.602. The number of piperidine rings is 1. The first-order chi connectivity index (χ1) is 19.6. The molecule has 4 aromatic heterocycles. The first-order valence-electron chi connectivity index (χ1n) is 13.2. The molecule has 5 heterocycles. The molecular weight excluding hydrogens is 520 g/mol. The summed E-state index contributed by atoms with van der Waals surface area (Å²) in [7, 11) is 0. The fraction of sp³-hybridized carbons (Fsp3) is 0.233. The highest BCUT2D eigenvalue weighted by atomic mass is 32.1. The first-order valence-corrected chi connectivity index (χ1v) is 14.1. The average molecular weight is 550 g/mol. The van der Waals surface area contributed by atoms with Gasteiger partial charge in [0.2, 0.25) is 0 Å². The third-order valence-corrected chi connectivity index (χ3v) is 7.82. The zero-order chi connectivity index (χ0) is 27.3. The molecule has 1 saturated heterocycles. The van der Waals surface area contributed by atoms with Crippen LogP contribution in [-0.4, -0.2) is 49.5 Å². The summed E-state index contributed by atoms with van der Waals surface area (Å²) in [6.45, 7) is 2.93. The molecule has 1 aliphatic heterocycles. The van der Waals surface area contributed by atoms with Crippen molar-refractivity contribution >= 4 is 11.3 Å². The third kappa shape index (κ3) is 5.92. The van der Waals surface area contributed by atoms with Crippen molar-refractivity contribution in [3.05, 3.63) is 100 Å². The second-order valence-electron chi connectivity index (χ2n) is 9.76. The molecule has 0 radical (unpaired) electrons. The quantitative estimate of drug-likeness (QED) is 0.221. The number of imidazole rings is 1. The average Bonchev–Trinajstić information content (AvgIpc) is 3.70. The molecule has 0 bridgehead atoms. The van der Waals surface area contributed by atoms with E-state index in [-0.39, 0.29) is 11.5 Å². The Morgan fingerprint density at radius 3 is 2.77 bits per heavy atom. The van der Waals surface area contributed by atoms with Gasteiger partial charge in [-0.3, -0.25) is 14.7 Å². The molecule has 0 saturated carbocycles. The summed E-state index contributed by atoms with van der Waals surface area (Å²) in [5.41, 5.74) is 10.1. The molecule has 0 spiro atoms. The second-order valence-corrected chi connectivity index (χ2v) is 10.7. The Morgan fingerprint density at radius 2 is 2.00 bits per heavy atom. The van der Waals surface area contributed by atoms with Crippen LogP contribution in [0.3, 0.4) is 0 Å². The number of thiophene rings is 1. The van der Waals surface area contributed by atoms with Crippen LogP contribution in [0.25, 0.3) is 27.6 Å². The van der Waals surface area contributed by atoms with E-state index < -0.39 is 0 Å². The lowest BCUT2D eigenvalue weighted by atomic mass is 9.97. The maximum Gasteiger partial charge on any atom is 0.388 e. The van der Waals surface area contributed by atoms with Crippen LogP contribution in [-0.2, 0) is 6.54 Å². The number of H-pyrrole nitrogens is 2. The van der Waals surface area contributed by atoms with Gasteiger partial charge in [0.15, 0.2) is 6.33 Å². The van der Waals surface area contributed by atoms with Crippen LogP contribution in [0.1, 0.15) is 35.8 Å². The number of hydrogen-bond donors (Lipinski definition) is 3. The fourth-order valence-corrected chi connectivity index (χ4v) is 5.67. The highest BCUT2D eigenvalue weighted by molar-refractivity contribution is 7.13. The lowest BCUT2D eigenvalue weighted by Gasteiger charge is -2.31. The molecular formula is C30H29N8OS+. The Hall–Kier alpha value is -4.43. The molecule has 9 nitrogen and oxygen atoms in total. The van der Waals surface area contributed by atoms with E-state index in [0.717, 1.165) is 71.3 Å². The van der Waals surface area contributed by atoms with E-state index in [1.165, 1.54) is 0 Å². The molecule has 1 aromatic carbocycles. The number of rotatable bonds is 6. The molecule has 1 unspecified atom stereocenters. The molecule has 1 fully saturated rings. The van der Waals surface area contributed by atoms with Crippen LogP contribution in [0.5, 0.6) is 0 Å². The van der Waals surface area contributed by atoms with Gasteiger partial charge in [-0.05, 0) is 48.5 Å². The highest BCUT2D eigenvalue weighted by Gasteiger charge is 2.25. The minimum atomic E-state index is -0.101. The van der Waals surface area contributed by atoms with E-state index >= 15 is 0 Å². The summed E-state index contributed by atoms with van der Waals surface area (Å²) in [5, 5.41) is 2.00. The predicted molar refractivity (Wildman–Crippen MR) is 155 cm³/mol.